The largest absolute Gasteiger partial charge is 0.355 e. The van der Waals surface area contributed by atoms with Crippen molar-refractivity contribution in [3.8, 4) is 0 Å². The van der Waals surface area contributed by atoms with Gasteiger partial charge in [-0.15, -0.1) is 0 Å². The molecule has 0 radical (unpaired) electrons. The zero-order chi connectivity index (χ0) is 14.8. The van der Waals surface area contributed by atoms with Crippen LogP contribution in [0.4, 0.5) is 0 Å². The van der Waals surface area contributed by atoms with Crippen LogP contribution in [-0.2, 0) is 10.8 Å². The molecule has 0 unspecified atom stereocenters. The Labute approximate surface area is 126 Å². The minimum Gasteiger partial charge on any atom is -0.355 e. The lowest BCUT2D eigenvalue weighted by atomic mass is 9.63. The highest BCUT2D eigenvalue weighted by Crippen LogP contribution is 2.47. The first-order valence-electron chi connectivity index (χ1n) is 7.94. The fraction of sp³-hybridized carbons (Fsp3) is 0.400. The van der Waals surface area contributed by atoms with Crippen LogP contribution in [0.1, 0.15) is 51.7 Å². The van der Waals surface area contributed by atoms with Gasteiger partial charge in [0.2, 0.25) is 0 Å². The summed E-state index contributed by atoms with van der Waals surface area (Å²) in [6.45, 7) is 9.55. The van der Waals surface area contributed by atoms with Gasteiger partial charge in [0.1, 0.15) is 0 Å². The van der Waals surface area contributed by atoms with E-state index in [-0.39, 0.29) is 10.8 Å². The van der Waals surface area contributed by atoms with Crippen LogP contribution in [-0.4, -0.2) is 4.98 Å². The van der Waals surface area contributed by atoms with Crippen LogP contribution in [0, 0.1) is 0 Å². The highest BCUT2D eigenvalue weighted by molar-refractivity contribution is 6.07. The van der Waals surface area contributed by atoms with Crippen molar-refractivity contribution in [2.75, 3.05) is 0 Å². The van der Waals surface area contributed by atoms with E-state index < -0.39 is 0 Å². The van der Waals surface area contributed by atoms with Crippen molar-refractivity contribution in [3.05, 3.63) is 47.5 Å². The molecule has 1 heteroatoms. The van der Waals surface area contributed by atoms with Crippen molar-refractivity contribution in [3.63, 3.8) is 0 Å². The second-order valence-electron chi connectivity index (χ2n) is 7.88. The molecule has 108 valence electrons. The minimum atomic E-state index is 0.274. The summed E-state index contributed by atoms with van der Waals surface area (Å²) in [5, 5.41) is 2.71. The average molecular weight is 277 g/mol. The molecular weight excluding hydrogens is 254 g/mol. The molecule has 0 spiro atoms. The van der Waals surface area contributed by atoms with Gasteiger partial charge in [-0.25, -0.2) is 0 Å². The third kappa shape index (κ3) is 1.76. The van der Waals surface area contributed by atoms with E-state index in [4.69, 9.17) is 0 Å². The molecule has 0 fully saturated rings. The van der Waals surface area contributed by atoms with Gasteiger partial charge >= 0.3 is 0 Å². The van der Waals surface area contributed by atoms with Gasteiger partial charge < -0.3 is 4.98 Å². The zero-order valence-electron chi connectivity index (χ0n) is 13.4. The lowest BCUT2D eigenvalue weighted by Crippen LogP contribution is -2.33. The van der Waals surface area contributed by atoms with Gasteiger partial charge in [0.15, 0.2) is 0 Å². The second-order valence-corrected chi connectivity index (χ2v) is 7.88. The molecule has 1 N–H and O–H groups in total. The van der Waals surface area contributed by atoms with Crippen molar-refractivity contribution in [1.29, 1.82) is 0 Å². The van der Waals surface area contributed by atoms with Crippen molar-refractivity contribution in [1.82, 2.24) is 4.98 Å². The normalized spacial score (nSPS) is 19.8. The quantitative estimate of drug-likeness (QED) is 0.545. The summed E-state index contributed by atoms with van der Waals surface area (Å²) >= 11 is 0. The van der Waals surface area contributed by atoms with E-state index in [2.05, 4.69) is 69.1 Å². The van der Waals surface area contributed by atoms with Gasteiger partial charge in [-0.3, -0.25) is 0 Å². The number of para-hydroxylation sites is 1. The van der Waals surface area contributed by atoms with Gasteiger partial charge in [0, 0.05) is 21.8 Å². The molecule has 1 aliphatic rings. The molecule has 0 atom stereocenters. The van der Waals surface area contributed by atoms with E-state index in [1.165, 1.54) is 45.8 Å². The number of hydrogen-bond donors (Lipinski definition) is 1. The molecule has 0 amide bonds. The van der Waals surface area contributed by atoms with E-state index in [1.807, 2.05) is 0 Å². The third-order valence-electron chi connectivity index (χ3n) is 5.48. The first kappa shape index (κ1) is 12.9. The molecule has 1 aliphatic carbocycles. The summed E-state index contributed by atoms with van der Waals surface area (Å²) < 4.78 is 0. The molecule has 1 heterocycles. The number of aromatic amines is 1. The SMILES string of the molecule is CC1(C)CCC(C)(C)c2cc3c(cc21)[nH]c1ccccc13. The van der Waals surface area contributed by atoms with Crippen molar-refractivity contribution in [2.24, 2.45) is 0 Å². The monoisotopic (exact) mass is 277 g/mol. The van der Waals surface area contributed by atoms with Crippen LogP contribution in [0.5, 0.6) is 0 Å². The standard InChI is InChI=1S/C20H23N/c1-19(2)9-10-20(3,4)16-12-18-14(11-15(16)19)13-7-5-6-8-17(13)21-18/h5-8,11-12,21H,9-10H2,1-4H3. The van der Waals surface area contributed by atoms with Gasteiger partial charge in [-0.1, -0.05) is 45.9 Å². The first-order valence-corrected chi connectivity index (χ1v) is 7.94. The van der Waals surface area contributed by atoms with Crippen molar-refractivity contribution >= 4 is 21.8 Å². The van der Waals surface area contributed by atoms with E-state index in [0.717, 1.165) is 0 Å². The molecule has 3 aromatic rings. The summed E-state index contributed by atoms with van der Waals surface area (Å²) in [6.07, 6.45) is 2.53. The molecule has 0 aliphatic heterocycles. The Morgan fingerprint density at radius 2 is 1.38 bits per heavy atom. The fourth-order valence-electron chi connectivity index (χ4n) is 3.91. The number of benzene rings is 2. The molecule has 0 bridgehead atoms. The molecule has 0 saturated heterocycles. The Kier molecular flexibility index (Phi) is 2.41. The van der Waals surface area contributed by atoms with Crippen LogP contribution in [0.15, 0.2) is 36.4 Å². The van der Waals surface area contributed by atoms with E-state index in [0.29, 0.717) is 0 Å². The maximum absolute atomic E-state index is 3.59. The summed E-state index contributed by atoms with van der Waals surface area (Å²) in [7, 11) is 0. The van der Waals surface area contributed by atoms with Gasteiger partial charge in [-0.05, 0) is 53.0 Å². The minimum absolute atomic E-state index is 0.274. The van der Waals surface area contributed by atoms with Gasteiger partial charge in [0.25, 0.3) is 0 Å². The van der Waals surface area contributed by atoms with E-state index in [9.17, 15) is 0 Å². The molecule has 21 heavy (non-hydrogen) atoms. The molecule has 1 nitrogen and oxygen atoms in total. The summed E-state index contributed by atoms with van der Waals surface area (Å²) in [6, 6.07) is 13.5. The van der Waals surface area contributed by atoms with Crippen LogP contribution in [0.25, 0.3) is 21.8 Å². The van der Waals surface area contributed by atoms with Crippen LogP contribution >= 0.6 is 0 Å². The molecule has 0 saturated carbocycles. The Balaban J connectivity index is 2.13. The predicted molar refractivity (Wildman–Crippen MR) is 91.1 cm³/mol. The molecule has 4 rings (SSSR count). The highest BCUT2D eigenvalue weighted by Gasteiger charge is 2.37. The summed E-state index contributed by atoms with van der Waals surface area (Å²) in [4.78, 5) is 3.59. The lowest BCUT2D eigenvalue weighted by Gasteiger charge is -2.41. The number of aromatic nitrogens is 1. The number of rotatable bonds is 0. The van der Waals surface area contributed by atoms with Crippen molar-refractivity contribution < 1.29 is 0 Å². The van der Waals surface area contributed by atoms with E-state index >= 15 is 0 Å². The topological polar surface area (TPSA) is 15.8 Å². The summed E-state index contributed by atoms with van der Waals surface area (Å²) in [5.41, 5.74) is 6.13. The average Bonchev–Trinajstić information content (AvgIpc) is 2.81. The van der Waals surface area contributed by atoms with E-state index in [1.54, 1.807) is 0 Å². The molecule has 2 aromatic carbocycles. The summed E-state index contributed by atoms with van der Waals surface area (Å²) in [5.74, 6) is 0. The zero-order valence-corrected chi connectivity index (χ0v) is 13.4. The predicted octanol–water partition coefficient (Wildman–Crippen LogP) is 5.67. The maximum atomic E-state index is 3.59. The van der Waals surface area contributed by atoms with Gasteiger partial charge in [0.05, 0.1) is 0 Å². The Morgan fingerprint density at radius 1 is 0.762 bits per heavy atom. The number of nitrogens with one attached hydrogen (secondary N) is 1. The Morgan fingerprint density at radius 3 is 2.10 bits per heavy atom. The highest BCUT2D eigenvalue weighted by atomic mass is 14.7. The smallest absolute Gasteiger partial charge is 0.0468 e. The van der Waals surface area contributed by atoms with Crippen LogP contribution < -0.4 is 0 Å². The first-order chi connectivity index (χ1) is 9.88. The number of hydrogen-bond acceptors (Lipinski definition) is 0. The number of fused-ring (bicyclic) bond motifs is 4. The Hall–Kier alpha value is -1.76. The Bertz CT molecular complexity index is 849. The fourth-order valence-corrected chi connectivity index (χ4v) is 3.91. The third-order valence-corrected chi connectivity index (χ3v) is 5.48. The van der Waals surface area contributed by atoms with Crippen molar-refractivity contribution in [2.45, 2.75) is 51.4 Å². The molecule has 1 aromatic heterocycles. The van der Waals surface area contributed by atoms with Crippen LogP contribution in [0.2, 0.25) is 0 Å². The lowest BCUT2D eigenvalue weighted by molar-refractivity contribution is 0.332. The number of H-pyrrole nitrogens is 1. The van der Waals surface area contributed by atoms with Gasteiger partial charge in [-0.2, -0.15) is 0 Å². The van der Waals surface area contributed by atoms with Crippen LogP contribution in [0.3, 0.4) is 0 Å². The second kappa shape index (κ2) is 3.91. The molecular formula is C20H23N. The maximum Gasteiger partial charge on any atom is 0.0468 e.